The quantitative estimate of drug-likeness (QED) is 0.722. The molecule has 1 aliphatic heterocycles. The van der Waals surface area contributed by atoms with Crippen LogP contribution in [0.3, 0.4) is 0 Å². The third-order valence-corrected chi connectivity index (χ3v) is 4.90. The Morgan fingerprint density at radius 3 is 2.62 bits per heavy atom. The van der Waals surface area contributed by atoms with Crippen LogP contribution in [0, 0.1) is 0 Å². The van der Waals surface area contributed by atoms with E-state index in [-0.39, 0.29) is 12.0 Å². The maximum absolute atomic E-state index is 11.7. The fourth-order valence-electron chi connectivity index (χ4n) is 3.17. The number of likely N-dealkylation sites (tertiary alicyclic amines) is 1. The molecule has 5 heteroatoms. The Morgan fingerprint density at radius 1 is 1.19 bits per heavy atom. The van der Waals surface area contributed by atoms with Crippen molar-refractivity contribution in [1.29, 1.82) is 0 Å². The SMILES string of the molecule is C=CC(=O)N1CCC(Oc2ccc(Cl)c(-c3ccccc3OC)c2)CC1. The molecule has 0 unspecified atom stereocenters. The number of rotatable bonds is 5. The van der Waals surface area contributed by atoms with Crippen molar-refractivity contribution >= 4 is 17.5 Å². The van der Waals surface area contributed by atoms with Crippen LogP contribution < -0.4 is 9.47 Å². The molecule has 1 aliphatic rings. The normalized spacial score (nSPS) is 14.8. The van der Waals surface area contributed by atoms with Crippen molar-refractivity contribution in [1.82, 2.24) is 4.90 Å². The summed E-state index contributed by atoms with van der Waals surface area (Å²) < 4.78 is 11.6. The molecule has 4 nitrogen and oxygen atoms in total. The van der Waals surface area contributed by atoms with E-state index in [1.54, 1.807) is 12.0 Å². The number of ether oxygens (including phenoxy) is 2. The van der Waals surface area contributed by atoms with Gasteiger partial charge in [-0.2, -0.15) is 0 Å². The zero-order chi connectivity index (χ0) is 18.5. The minimum atomic E-state index is -0.0200. The van der Waals surface area contributed by atoms with Crippen molar-refractivity contribution in [3.8, 4) is 22.6 Å². The lowest BCUT2D eigenvalue weighted by Crippen LogP contribution is -2.41. The molecule has 1 fully saturated rings. The van der Waals surface area contributed by atoms with Gasteiger partial charge in [-0.15, -0.1) is 0 Å². The van der Waals surface area contributed by atoms with Crippen molar-refractivity contribution in [3.63, 3.8) is 0 Å². The Kier molecular flexibility index (Phi) is 5.84. The molecule has 0 radical (unpaired) electrons. The van der Waals surface area contributed by atoms with E-state index in [1.165, 1.54) is 6.08 Å². The van der Waals surface area contributed by atoms with E-state index in [0.29, 0.717) is 18.1 Å². The largest absolute Gasteiger partial charge is 0.496 e. The van der Waals surface area contributed by atoms with Gasteiger partial charge in [-0.05, 0) is 30.3 Å². The third kappa shape index (κ3) is 4.02. The lowest BCUT2D eigenvalue weighted by atomic mass is 10.0. The molecule has 26 heavy (non-hydrogen) atoms. The first kappa shape index (κ1) is 18.3. The van der Waals surface area contributed by atoms with Gasteiger partial charge in [0, 0.05) is 42.1 Å². The Morgan fingerprint density at radius 2 is 1.92 bits per heavy atom. The molecule has 0 N–H and O–H groups in total. The van der Waals surface area contributed by atoms with Crippen LogP contribution in [-0.2, 0) is 4.79 Å². The van der Waals surface area contributed by atoms with Crippen molar-refractivity contribution in [2.75, 3.05) is 20.2 Å². The Balaban J connectivity index is 1.75. The molecule has 1 amide bonds. The molecule has 1 saturated heterocycles. The molecule has 2 aromatic carbocycles. The van der Waals surface area contributed by atoms with Gasteiger partial charge in [-0.25, -0.2) is 0 Å². The molecule has 136 valence electrons. The summed E-state index contributed by atoms with van der Waals surface area (Å²) in [7, 11) is 1.64. The van der Waals surface area contributed by atoms with Gasteiger partial charge >= 0.3 is 0 Å². The summed E-state index contributed by atoms with van der Waals surface area (Å²) in [6.45, 7) is 4.90. The molecule has 0 aromatic heterocycles. The fraction of sp³-hybridized carbons (Fsp3) is 0.286. The lowest BCUT2D eigenvalue weighted by Gasteiger charge is -2.31. The second-order valence-corrected chi connectivity index (χ2v) is 6.60. The summed E-state index contributed by atoms with van der Waals surface area (Å²) in [5, 5.41) is 0.647. The van der Waals surface area contributed by atoms with Gasteiger partial charge in [0.2, 0.25) is 5.91 Å². The Labute approximate surface area is 159 Å². The predicted molar refractivity (Wildman–Crippen MR) is 104 cm³/mol. The Hall–Kier alpha value is -2.46. The second-order valence-electron chi connectivity index (χ2n) is 6.19. The standard InChI is InChI=1S/C21H22ClNO3/c1-3-21(24)23-12-10-15(11-13-23)26-16-8-9-19(22)18(14-16)17-6-4-5-7-20(17)25-2/h3-9,14-15H,1,10-13H2,2H3. The summed E-state index contributed by atoms with van der Waals surface area (Å²) in [4.78, 5) is 13.5. The van der Waals surface area contributed by atoms with Crippen LogP contribution in [-0.4, -0.2) is 37.1 Å². The molecule has 0 aliphatic carbocycles. The number of nitrogens with zero attached hydrogens (tertiary/aromatic N) is 1. The molecule has 0 atom stereocenters. The third-order valence-electron chi connectivity index (χ3n) is 4.57. The first-order valence-electron chi connectivity index (χ1n) is 8.63. The Bertz CT molecular complexity index is 798. The van der Waals surface area contributed by atoms with Crippen LogP contribution >= 0.6 is 11.6 Å². The fourth-order valence-corrected chi connectivity index (χ4v) is 3.39. The van der Waals surface area contributed by atoms with Crippen molar-refractivity contribution in [2.24, 2.45) is 0 Å². The van der Waals surface area contributed by atoms with E-state index in [2.05, 4.69) is 6.58 Å². The number of hydrogen-bond acceptors (Lipinski definition) is 3. The van der Waals surface area contributed by atoms with E-state index >= 15 is 0 Å². The highest BCUT2D eigenvalue weighted by Gasteiger charge is 2.23. The number of amides is 1. The summed E-state index contributed by atoms with van der Waals surface area (Å²) in [5.74, 6) is 1.51. The lowest BCUT2D eigenvalue weighted by molar-refractivity contribution is -0.127. The molecule has 3 rings (SSSR count). The van der Waals surface area contributed by atoms with Gasteiger partial charge in [0.15, 0.2) is 0 Å². The van der Waals surface area contributed by atoms with Gasteiger partial charge in [0.05, 0.1) is 7.11 Å². The van der Waals surface area contributed by atoms with Crippen molar-refractivity contribution in [3.05, 3.63) is 60.1 Å². The van der Waals surface area contributed by atoms with E-state index in [1.807, 2.05) is 42.5 Å². The predicted octanol–water partition coefficient (Wildman–Crippen LogP) is 4.57. The van der Waals surface area contributed by atoms with Gasteiger partial charge in [0.25, 0.3) is 0 Å². The number of carbonyl (C=O) groups excluding carboxylic acids is 1. The van der Waals surface area contributed by atoms with Crippen LogP contribution in [0.4, 0.5) is 0 Å². The van der Waals surface area contributed by atoms with Crippen LogP contribution in [0.25, 0.3) is 11.1 Å². The highest BCUT2D eigenvalue weighted by molar-refractivity contribution is 6.33. The van der Waals surface area contributed by atoms with Crippen LogP contribution in [0.15, 0.2) is 55.1 Å². The molecule has 0 saturated carbocycles. The monoisotopic (exact) mass is 371 g/mol. The smallest absolute Gasteiger partial charge is 0.245 e. The average molecular weight is 372 g/mol. The summed E-state index contributed by atoms with van der Waals surface area (Å²) >= 11 is 6.41. The van der Waals surface area contributed by atoms with Gasteiger partial charge in [-0.3, -0.25) is 4.79 Å². The van der Waals surface area contributed by atoms with E-state index < -0.39 is 0 Å². The maximum atomic E-state index is 11.7. The number of halogens is 1. The number of benzene rings is 2. The summed E-state index contributed by atoms with van der Waals surface area (Å²) in [6, 6.07) is 13.4. The number of methoxy groups -OCH3 is 1. The van der Waals surface area contributed by atoms with Crippen LogP contribution in [0.5, 0.6) is 11.5 Å². The minimum absolute atomic E-state index is 0.0200. The highest BCUT2D eigenvalue weighted by atomic mass is 35.5. The first-order valence-corrected chi connectivity index (χ1v) is 9.01. The summed E-state index contributed by atoms with van der Waals surface area (Å²) in [6.07, 6.45) is 3.04. The van der Waals surface area contributed by atoms with E-state index in [0.717, 1.165) is 35.5 Å². The minimum Gasteiger partial charge on any atom is -0.496 e. The molecule has 2 aromatic rings. The molecular formula is C21H22ClNO3. The highest BCUT2D eigenvalue weighted by Crippen LogP contribution is 2.37. The maximum Gasteiger partial charge on any atom is 0.245 e. The summed E-state index contributed by atoms with van der Waals surface area (Å²) in [5.41, 5.74) is 1.80. The zero-order valence-corrected chi connectivity index (χ0v) is 15.5. The molecular weight excluding hydrogens is 350 g/mol. The first-order chi connectivity index (χ1) is 12.6. The molecule has 0 spiro atoms. The number of carbonyl (C=O) groups is 1. The van der Waals surface area contributed by atoms with Gasteiger partial charge in [-0.1, -0.05) is 36.4 Å². The molecule has 1 heterocycles. The van der Waals surface area contributed by atoms with Crippen LogP contribution in [0.2, 0.25) is 5.02 Å². The van der Waals surface area contributed by atoms with E-state index in [4.69, 9.17) is 21.1 Å². The van der Waals surface area contributed by atoms with Crippen molar-refractivity contribution < 1.29 is 14.3 Å². The number of hydrogen-bond donors (Lipinski definition) is 0. The van der Waals surface area contributed by atoms with Crippen molar-refractivity contribution in [2.45, 2.75) is 18.9 Å². The van der Waals surface area contributed by atoms with E-state index in [9.17, 15) is 4.79 Å². The van der Waals surface area contributed by atoms with Gasteiger partial charge < -0.3 is 14.4 Å². The zero-order valence-electron chi connectivity index (χ0n) is 14.8. The topological polar surface area (TPSA) is 38.8 Å². The molecule has 0 bridgehead atoms. The number of piperidine rings is 1. The number of para-hydroxylation sites is 1. The van der Waals surface area contributed by atoms with Gasteiger partial charge in [0.1, 0.15) is 17.6 Å². The van der Waals surface area contributed by atoms with Crippen LogP contribution in [0.1, 0.15) is 12.8 Å². The average Bonchev–Trinajstić information content (AvgIpc) is 2.69. The second kappa shape index (κ2) is 8.28.